The van der Waals surface area contributed by atoms with Gasteiger partial charge < -0.3 is 0 Å². The smallest absolute Gasteiger partial charge is 0.157 e. The van der Waals surface area contributed by atoms with Crippen LogP contribution in [0.5, 0.6) is 0 Å². The molecule has 0 amide bonds. The van der Waals surface area contributed by atoms with Crippen LogP contribution in [0.15, 0.2) is 28.1 Å². The maximum atomic E-state index is 11.6. The van der Waals surface area contributed by atoms with E-state index < -0.39 is 15.1 Å². The lowest BCUT2D eigenvalue weighted by atomic mass is 10.1. The highest BCUT2D eigenvalue weighted by atomic mass is 79.9. The molecule has 2 heterocycles. The third-order valence-electron chi connectivity index (χ3n) is 3.59. The summed E-state index contributed by atoms with van der Waals surface area (Å²) in [5.41, 5.74) is 0. The van der Waals surface area contributed by atoms with Crippen LogP contribution in [-0.4, -0.2) is 25.7 Å². The number of aryl methyl sites for hydroxylation is 1. The topological polar surface area (TPSA) is 51.2 Å². The number of sulfone groups is 1. The minimum atomic E-state index is -3.29. The van der Waals surface area contributed by atoms with Crippen molar-refractivity contribution in [3.8, 4) is 9.75 Å². The van der Waals surface area contributed by atoms with Crippen LogP contribution in [0.3, 0.4) is 0 Å². The van der Waals surface area contributed by atoms with E-state index in [1.54, 1.807) is 22.7 Å². The third-order valence-corrected chi connectivity index (χ3v) is 8.15. The standard InChI is InChI=1S/C16H19BrO3S3/c1-11(18)15(23(2,19)20)6-4-3-5-12-7-8-13(21-12)14-9-10-16(17)22-14/h7-10,15H,3-6H2,1-2H3. The molecule has 126 valence electrons. The number of halogens is 1. The van der Waals surface area contributed by atoms with E-state index in [0.717, 1.165) is 29.3 Å². The number of unbranched alkanes of at least 4 members (excludes halogenated alkanes) is 1. The lowest BCUT2D eigenvalue weighted by Crippen LogP contribution is -2.27. The number of hydrogen-bond donors (Lipinski definition) is 0. The van der Waals surface area contributed by atoms with E-state index in [1.165, 1.54) is 21.6 Å². The van der Waals surface area contributed by atoms with E-state index in [1.807, 2.05) is 6.07 Å². The molecule has 0 spiro atoms. The summed E-state index contributed by atoms with van der Waals surface area (Å²) >= 11 is 6.96. The van der Waals surface area contributed by atoms with Crippen LogP contribution in [0.25, 0.3) is 9.75 Å². The molecular formula is C16H19BrO3S3. The van der Waals surface area contributed by atoms with Crippen LogP contribution in [-0.2, 0) is 21.1 Å². The average molecular weight is 435 g/mol. The molecule has 2 rings (SSSR count). The van der Waals surface area contributed by atoms with Crippen molar-refractivity contribution in [2.24, 2.45) is 0 Å². The fourth-order valence-corrected chi connectivity index (χ4v) is 6.16. The van der Waals surface area contributed by atoms with Gasteiger partial charge in [0.15, 0.2) is 9.84 Å². The molecule has 1 unspecified atom stereocenters. The van der Waals surface area contributed by atoms with Crippen LogP contribution in [0.2, 0.25) is 0 Å². The summed E-state index contributed by atoms with van der Waals surface area (Å²) in [6, 6.07) is 8.42. The minimum absolute atomic E-state index is 0.255. The summed E-state index contributed by atoms with van der Waals surface area (Å²) < 4.78 is 24.3. The second-order valence-corrected chi connectivity index (χ2v) is 11.4. The number of hydrogen-bond acceptors (Lipinski definition) is 5. The average Bonchev–Trinajstić information content (AvgIpc) is 3.05. The van der Waals surface area contributed by atoms with Crippen LogP contribution in [0.1, 0.15) is 31.1 Å². The van der Waals surface area contributed by atoms with Crippen molar-refractivity contribution in [3.05, 3.63) is 32.9 Å². The number of Topliss-reactive ketones (excluding diaryl/α,β-unsaturated/α-hetero) is 1. The largest absolute Gasteiger partial charge is 0.299 e. The predicted octanol–water partition coefficient (Wildman–Crippen LogP) is 4.95. The number of ketones is 1. The van der Waals surface area contributed by atoms with Crippen molar-refractivity contribution in [2.45, 2.75) is 37.9 Å². The molecular weight excluding hydrogens is 416 g/mol. The SMILES string of the molecule is CC(=O)C(CCCCc1ccc(-c2ccc(Br)s2)s1)S(C)(=O)=O. The summed E-state index contributed by atoms with van der Waals surface area (Å²) in [5, 5.41) is -0.843. The first-order valence-electron chi connectivity index (χ1n) is 7.31. The minimum Gasteiger partial charge on any atom is -0.299 e. The summed E-state index contributed by atoms with van der Waals surface area (Å²) in [4.78, 5) is 15.2. The number of thiophene rings is 2. The zero-order valence-electron chi connectivity index (χ0n) is 13.0. The molecule has 0 aliphatic carbocycles. The molecule has 0 fully saturated rings. The first-order chi connectivity index (χ1) is 10.8. The highest BCUT2D eigenvalue weighted by molar-refractivity contribution is 9.11. The molecule has 0 aliphatic heterocycles. The maximum Gasteiger partial charge on any atom is 0.157 e. The summed E-state index contributed by atoms with van der Waals surface area (Å²) in [6.45, 7) is 1.36. The molecule has 0 radical (unpaired) electrons. The zero-order chi connectivity index (χ0) is 17.0. The molecule has 7 heteroatoms. The van der Waals surface area contributed by atoms with Crippen molar-refractivity contribution >= 4 is 54.2 Å². The van der Waals surface area contributed by atoms with Gasteiger partial charge in [-0.25, -0.2) is 8.42 Å². The lowest BCUT2D eigenvalue weighted by Gasteiger charge is -2.10. The molecule has 3 nitrogen and oxygen atoms in total. The molecule has 0 aromatic carbocycles. The van der Waals surface area contributed by atoms with Crippen molar-refractivity contribution in [2.75, 3.05) is 6.26 Å². The highest BCUT2D eigenvalue weighted by Gasteiger charge is 2.24. The van der Waals surface area contributed by atoms with Gasteiger partial charge in [-0.3, -0.25) is 4.79 Å². The fourth-order valence-electron chi connectivity index (χ4n) is 2.44. The summed E-state index contributed by atoms with van der Waals surface area (Å²) in [5.74, 6) is -0.255. The monoisotopic (exact) mass is 434 g/mol. The van der Waals surface area contributed by atoms with Gasteiger partial charge in [0.1, 0.15) is 11.0 Å². The second-order valence-electron chi connectivity index (χ2n) is 5.54. The van der Waals surface area contributed by atoms with Crippen molar-refractivity contribution in [3.63, 3.8) is 0 Å². The fraction of sp³-hybridized carbons (Fsp3) is 0.438. The van der Waals surface area contributed by atoms with Crippen molar-refractivity contribution in [1.29, 1.82) is 0 Å². The van der Waals surface area contributed by atoms with Gasteiger partial charge in [-0.05, 0) is 66.4 Å². The third kappa shape index (κ3) is 5.52. The Kier molecular flexibility index (Phi) is 6.59. The van der Waals surface area contributed by atoms with Crippen molar-refractivity contribution < 1.29 is 13.2 Å². The first kappa shape index (κ1) is 18.8. The first-order valence-corrected chi connectivity index (χ1v) is 11.7. The predicted molar refractivity (Wildman–Crippen MR) is 102 cm³/mol. The molecule has 0 N–H and O–H groups in total. The van der Waals surface area contributed by atoms with Gasteiger partial charge in [0, 0.05) is 20.9 Å². The molecule has 1 atom stereocenters. The van der Waals surface area contributed by atoms with Gasteiger partial charge in [-0.15, -0.1) is 22.7 Å². The van der Waals surface area contributed by atoms with Gasteiger partial charge in [0.05, 0.1) is 3.79 Å². The summed E-state index contributed by atoms with van der Waals surface area (Å²) in [6.07, 6.45) is 4.13. The maximum absolute atomic E-state index is 11.6. The Morgan fingerprint density at radius 3 is 2.35 bits per heavy atom. The van der Waals surface area contributed by atoms with Crippen molar-refractivity contribution in [1.82, 2.24) is 0 Å². The highest BCUT2D eigenvalue weighted by Crippen LogP contribution is 2.36. The molecule has 2 aromatic rings. The Morgan fingerprint density at radius 2 is 1.78 bits per heavy atom. The van der Waals surface area contributed by atoms with E-state index in [0.29, 0.717) is 6.42 Å². The summed E-state index contributed by atoms with van der Waals surface area (Å²) in [7, 11) is -3.29. The Bertz CT molecular complexity index is 774. The van der Waals surface area contributed by atoms with Gasteiger partial charge in [0.2, 0.25) is 0 Å². The quantitative estimate of drug-likeness (QED) is 0.551. The van der Waals surface area contributed by atoms with E-state index in [4.69, 9.17) is 0 Å². The molecule has 23 heavy (non-hydrogen) atoms. The Labute approximate surface area is 153 Å². The van der Waals surface area contributed by atoms with Gasteiger partial charge in [0.25, 0.3) is 0 Å². The number of carbonyl (C=O) groups is 1. The van der Waals surface area contributed by atoms with Crippen LogP contribution in [0.4, 0.5) is 0 Å². The molecule has 0 saturated carbocycles. The van der Waals surface area contributed by atoms with Crippen LogP contribution < -0.4 is 0 Å². The van der Waals surface area contributed by atoms with Gasteiger partial charge >= 0.3 is 0 Å². The second kappa shape index (κ2) is 8.05. The molecule has 0 bridgehead atoms. The molecule has 0 saturated heterocycles. The zero-order valence-corrected chi connectivity index (χ0v) is 17.1. The molecule has 2 aromatic heterocycles. The number of carbonyl (C=O) groups excluding carboxylic acids is 1. The van der Waals surface area contributed by atoms with E-state index >= 15 is 0 Å². The Balaban J connectivity index is 1.85. The van der Waals surface area contributed by atoms with E-state index in [2.05, 4.69) is 34.1 Å². The Morgan fingerprint density at radius 1 is 1.13 bits per heavy atom. The van der Waals surface area contributed by atoms with E-state index in [-0.39, 0.29) is 5.78 Å². The molecule has 0 aliphatic rings. The Hall–Kier alpha value is -0.500. The normalized spacial score (nSPS) is 13.2. The van der Waals surface area contributed by atoms with Gasteiger partial charge in [-0.2, -0.15) is 0 Å². The van der Waals surface area contributed by atoms with Crippen LogP contribution in [0, 0.1) is 0 Å². The van der Waals surface area contributed by atoms with E-state index in [9.17, 15) is 13.2 Å². The number of rotatable bonds is 8. The van der Waals surface area contributed by atoms with Gasteiger partial charge in [-0.1, -0.05) is 6.42 Å². The lowest BCUT2D eigenvalue weighted by molar-refractivity contribution is -0.116. The van der Waals surface area contributed by atoms with Crippen LogP contribution >= 0.6 is 38.6 Å².